The number of anilines is 2. The highest BCUT2D eigenvalue weighted by Crippen LogP contribution is 2.32. The molecule has 10 heteroatoms. The Bertz CT molecular complexity index is 1600. The third-order valence-corrected chi connectivity index (χ3v) is 8.30. The molecule has 3 aromatic carbocycles. The zero-order chi connectivity index (χ0) is 27.6. The molecule has 39 heavy (non-hydrogen) atoms. The van der Waals surface area contributed by atoms with E-state index < -0.39 is 10.0 Å². The summed E-state index contributed by atoms with van der Waals surface area (Å²) in [6.45, 7) is 3.91. The van der Waals surface area contributed by atoms with Crippen molar-refractivity contribution in [3.05, 3.63) is 84.6 Å². The van der Waals surface area contributed by atoms with Crippen molar-refractivity contribution >= 4 is 38.2 Å². The van der Waals surface area contributed by atoms with E-state index in [9.17, 15) is 13.2 Å². The van der Waals surface area contributed by atoms with Crippen LogP contribution in [0.5, 0.6) is 11.5 Å². The van der Waals surface area contributed by atoms with E-state index in [1.54, 1.807) is 56.8 Å². The number of amides is 1. The standard InChI is InChI=1S/C29H30N4O5S/c1-20-19-32(24-13-14-25(37-2)26(18-24)38-3)16-17-33(20)29(34)22-9-11-23(12-10-22)31-39(35,36)27-8-4-6-21-7-5-15-30-28(21)27/h4-15,18,20,31H,16-17,19H2,1-3H3/t20-/m1/s1. The number of nitrogens with one attached hydrogen (secondary N) is 1. The van der Waals surface area contributed by atoms with Crippen LogP contribution in [0.1, 0.15) is 17.3 Å². The van der Waals surface area contributed by atoms with E-state index in [1.807, 2.05) is 42.2 Å². The molecule has 1 atom stereocenters. The Morgan fingerprint density at radius 2 is 1.69 bits per heavy atom. The number of carbonyl (C=O) groups is 1. The van der Waals surface area contributed by atoms with Crippen LogP contribution >= 0.6 is 0 Å². The fourth-order valence-electron chi connectivity index (χ4n) is 4.87. The Hall–Kier alpha value is -4.31. The molecule has 2 heterocycles. The van der Waals surface area contributed by atoms with Crippen LogP contribution in [-0.2, 0) is 10.0 Å². The Balaban J connectivity index is 1.26. The smallest absolute Gasteiger partial charge is 0.264 e. The fraction of sp³-hybridized carbons (Fsp3) is 0.241. The number of pyridine rings is 1. The van der Waals surface area contributed by atoms with Crippen molar-refractivity contribution < 1.29 is 22.7 Å². The number of ether oxygens (including phenoxy) is 2. The van der Waals surface area contributed by atoms with E-state index in [2.05, 4.69) is 14.6 Å². The monoisotopic (exact) mass is 546 g/mol. The average Bonchev–Trinajstić information content (AvgIpc) is 2.96. The normalized spacial score (nSPS) is 15.7. The second-order valence-electron chi connectivity index (χ2n) is 9.35. The molecule has 1 aliphatic heterocycles. The number of rotatable bonds is 7. The molecule has 1 N–H and O–H groups in total. The number of fused-ring (bicyclic) bond motifs is 1. The summed E-state index contributed by atoms with van der Waals surface area (Å²) < 4.78 is 39.6. The van der Waals surface area contributed by atoms with Crippen molar-refractivity contribution in [3.63, 3.8) is 0 Å². The zero-order valence-corrected chi connectivity index (χ0v) is 22.8. The van der Waals surface area contributed by atoms with Crippen LogP contribution in [0.2, 0.25) is 0 Å². The van der Waals surface area contributed by atoms with Gasteiger partial charge in [-0.25, -0.2) is 8.42 Å². The van der Waals surface area contributed by atoms with Gasteiger partial charge >= 0.3 is 0 Å². The second kappa shape index (κ2) is 10.8. The molecule has 0 saturated carbocycles. The molecular weight excluding hydrogens is 516 g/mol. The van der Waals surface area contributed by atoms with Crippen molar-refractivity contribution in [1.82, 2.24) is 9.88 Å². The van der Waals surface area contributed by atoms with Crippen molar-refractivity contribution in [2.75, 3.05) is 43.5 Å². The number of nitrogens with zero attached hydrogens (tertiary/aromatic N) is 3. The molecule has 1 aromatic heterocycles. The lowest BCUT2D eigenvalue weighted by atomic mass is 10.1. The Morgan fingerprint density at radius 1 is 0.949 bits per heavy atom. The Kier molecular flexibility index (Phi) is 7.30. The van der Waals surface area contributed by atoms with E-state index in [-0.39, 0.29) is 16.8 Å². The molecule has 0 aliphatic carbocycles. The van der Waals surface area contributed by atoms with Crippen molar-refractivity contribution in [2.24, 2.45) is 0 Å². The van der Waals surface area contributed by atoms with E-state index in [1.165, 1.54) is 6.07 Å². The van der Waals surface area contributed by atoms with Crippen molar-refractivity contribution in [1.29, 1.82) is 0 Å². The third-order valence-electron chi connectivity index (χ3n) is 6.89. The number of sulfonamides is 1. The van der Waals surface area contributed by atoms with Gasteiger partial charge in [-0.1, -0.05) is 18.2 Å². The van der Waals surface area contributed by atoms with Gasteiger partial charge in [0, 0.05) is 60.3 Å². The zero-order valence-electron chi connectivity index (χ0n) is 22.0. The number of piperazine rings is 1. The summed E-state index contributed by atoms with van der Waals surface area (Å²) in [6.07, 6.45) is 1.57. The summed E-state index contributed by atoms with van der Waals surface area (Å²) in [4.78, 5) is 21.7. The summed E-state index contributed by atoms with van der Waals surface area (Å²) in [5, 5.41) is 0.738. The maximum atomic E-state index is 13.3. The van der Waals surface area contributed by atoms with Gasteiger partial charge in [0.1, 0.15) is 4.90 Å². The van der Waals surface area contributed by atoms with Crippen LogP contribution in [0, 0.1) is 0 Å². The second-order valence-corrected chi connectivity index (χ2v) is 11.0. The van der Waals surface area contributed by atoms with Gasteiger partial charge in [-0.3, -0.25) is 14.5 Å². The van der Waals surface area contributed by atoms with Crippen LogP contribution in [0.3, 0.4) is 0 Å². The summed E-state index contributed by atoms with van der Waals surface area (Å²) in [6, 6.07) is 20.9. The minimum atomic E-state index is -3.87. The number of benzene rings is 3. The molecule has 1 saturated heterocycles. The summed E-state index contributed by atoms with van der Waals surface area (Å²) in [7, 11) is -0.660. The highest BCUT2D eigenvalue weighted by Gasteiger charge is 2.29. The van der Waals surface area contributed by atoms with E-state index in [4.69, 9.17) is 9.47 Å². The Labute approximate surface area is 228 Å². The van der Waals surface area contributed by atoms with Gasteiger partial charge < -0.3 is 19.3 Å². The number of aromatic nitrogens is 1. The minimum absolute atomic E-state index is 0.0311. The number of carbonyl (C=O) groups excluding carboxylic acids is 1. The van der Waals surface area contributed by atoms with Gasteiger partial charge in [0.2, 0.25) is 0 Å². The summed E-state index contributed by atoms with van der Waals surface area (Å²) >= 11 is 0. The third kappa shape index (κ3) is 5.33. The number of hydrogen-bond acceptors (Lipinski definition) is 7. The molecule has 202 valence electrons. The first kappa shape index (κ1) is 26.3. The summed E-state index contributed by atoms with van der Waals surface area (Å²) in [5.74, 6) is 1.23. The molecule has 1 fully saturated rings. The van der Waals surface area contributed by atoms with Crippen molar-refractivity contribution in [3.8, 4) is 11.5 Å². The van der Waals surface area contributed by atoms with Crippen LogP contribution in [0.15, 0.2) is 83.9 Å². The van der Waals surface area contributed by atoms with Gasteiger partial charge in [-0.15, -0.1) is 0 Å². The Morgan fingerprint density at radius 3 is 2.41 bits per heavy atom. The predicted molar refractivity (Wildman–Crippen MR) is 151 cm³/mol. The first-order valence-electron chi connectivity index (χ1n) is 12.6. The van der Waals surface area contributed by atoms with Crippen LogP contribution < -0.4 is 19.1 Å². The maximum absolute atomic E-state index is 13.3. The molecule has 0 unspecified atom stereocenters. The maximum Gasteiger partial charge on any atom is 0.264 e. The molecular formula is C29H30N4O5S. The molecule has 9 nitrogen and oxygen atoms in total. The lowest BCUT2D eigenvalue weighted by Crippen LogP contribution is -2.54. The molecule has 5 rings (SSSR count). The lowest BCUT2D eigenvalue weighted by Gasteiger charge is -2.41. The molecule has 0 bridgehead atoms. The van der Waals surface area contributed by atoms with Crippen LogP contribution in [0.4, 0.5) is 11.4 Å². The highest BCUT2D eigenvalue weighted by molar-refractivity contribution is 7.93. The number of para-hydroxylation sites is 1. The van der Waals surface area contributed by atoms with E-state index in [0.717, 1.165) is 11.1 Å². The largest absolute Gasteiger partial charge is 0.493 e. The average molecular weight is 547 g/mol. The molecule has 4 aromatic rings. The van der Waals surface area contributed by atoms with E-state index in [0.29, 0.717) is 47.9 Å². The van der Waals surface area contributed by atoms with Gasteiger partial charge in [-0.05, 0) is 55.5 Å². The first-order valence-corrected chi connectivity index (χ1v) is 14.0. The molecule has 0 spiro atoms. The van der Waals surface area contributed by atoms with E-state index >= 15 is 0 Å². The first-order chi connectivity index (χ1) is 18.8. The number of methoxy groups -OCH3 is 2. The molecule has 0 radical (unpaired) electrons. The minimum Gasteiger partial charge on any atom is -0.493 e. The summed E-state index contributed by atoms with van der Waals surface area (Å²) in [5.41, 5.74) is 2.27. The van der Waals surface area contributed by atoms with Crippen LogP contribution in [0.25, 0.3) is 10.9 Å². The van der Waals surface area contributed by atoms with Gasteiger partial charge in [0.05, 0.1) is 19.7 Å². The van der Waals surface area contributed by atoms with Gasteiger partial charge in [0.25, 0.3) is 15.9 Å². The SMILES string of the molecule is COc1ccc(N2CCN(C(=O)c3ccc(NS(=O)(=O)c4cccc5cccnc45)cc3)[C@H](C)C2)cc1OC. The van der Waals surface area contributed by atoms with Gasteiger partial charge in [0.15, 0.2) is 11.5 Å². The molecule has 1 amide bonds. The predicted octanol–water partition coefficient (Wildman–Crippen LogP) is 4.40. The molecule has 1 aliphatic rings. The lowest BCUT2D eigenvalue weighted by molar-refractivity contribution is 0.0674. The van der Waals surface area contributed by atoms with Gasteiger partial charge in [-0.2, -0.15) is 0 Å². The van der Waals surface area contributed by atoms with Crippen LogP contribution in [-0.4, -0.2) is 64.1 Å². The fourth-order valence-corrected chi connectivity index (χ4v) is 6.10. The topological polar surface area (TPSA) is 101 Å². The van der Waals surface area contributed by atoms with Crippen molar-refractivity contribution in [2.45, 2.75) is 17.9 Å². The quantitative estimate of drug-likeness (QED) is 0.367. The highest BCUT2D eigenvalue weighted by atomic mass is 32.2. The number of hydrogen-bond donors (Lipinski definition) is 1.